The largest absolute Gasteiger partial charge is 0.497 e. The van der Waals surface area contributed by atoms with Crippen molar-refractivity contribution in [3.05, 3.63) is 70.5 Å². The maximum Gasteiger partial charge on any atom is 0.266 e. The summed E-state index contributed by atoms with van der Waals surface area (Å²) in [6.07, 6.45) is 4.08. The number of H-pyrrole nitrogens is 1. The summed E-state index contributed by atoms with van der Waals surface area (Å²) in [5, 5.41) is 3.59. The molecular weight excluding hydrogens is 449 g/mol. The van der Waals surface area contributed by atoms with Gasteiger partial charge in [0.15, 0.2) is 0 Å². The molecule has 2 heterocycles. The lowest BCUT2D eigenvalue weighted by molar-refractivity contribution is -0.128. The Morgan fingerprint density at radius 1 is 1.28 bits per heavy atom. The highest BCUT2D eigenvalue weighted by molar-refractivity contribution is 8.26. The average Bonchev–Trinajstić information content (AvgIpc) is 3.29. The second kappa shape index (κ2) is 9.54. The van der Waals surface area contributed by atoms with Gasteiger partial charge in [-0.05, 0) is 54.0 Å². The summed E-state index contributed by atoms with van der Waals surface area (Å²) in [7, 11) is 1.59. The molecule has 0 atom stereocenters. The molecular formula is C23H20FN3O3S2. The fraction of sp³-hybridized carbons (Fsp3) is 0.174. The predicted octanol–water partition coefficient (Wildman–Crippen LogP) is 3.88. The van der Waals surface area contributed by atoms with Crippen LogP contribution in [-0.2, 0) is 16.0 Å². The first-order chi connectivity index (χ1) is 15.4. The summed E-state index contributed by atoms with van der Waals surface area (Å²) in [4.78, 5) is 30.0. The molecule has 0 radical (unpaired) electrons. The molecule has 2 amide bonds. The number of nitrogens with one attached hydrogen (secondary N) is 2. The molecule has 2 aromatic carbocycles. The normalized spacial score (nSPS) is 15.1. The number of rotatable bonds is 7. The number of halogens is 1. The Morgan fingerprint density at radius 3 is 2.81 bits per heavy atom. The number of benzene rings is 2. The molecule has 1 saturated heterocycles. The predicted molar refractivity (Wildman–Crippen MR) is 128 cm³/mol. The first kappa shape index (κ1) is 22.0. The van der Waals surface area contributed by atoms with E-state index in [0.29, 0.717) is 22.2 Å². The number of thioether (sulfide) groups is 1. The highest BCUT2D eigenvalue weighted by Gasteiger charge is 2.33. The molecule has 164 valence electrons. The van der Waals surface area contributed by atoms with Gasteiger partial charge in [0.05, 0.1) is 12.0 Å². The van der Waals surface area contributed by atoms with Gasteiger partial charge in [-0.25, -0.2) is 4.39 Å². The van der Waals surface area contributed by atoms with E-state index in [-0.39, 0.29) is 24.2 Å². The van der Waals surface area contributed by atoms with Crippen molar-refractivity contribution in [1.29, 1.82) is 0 Å². The Balaban J connectivity index is 1.33. The van der Waals surface area contributed by atoms with E-state index in [1.165, 1.54) is 28.8 Å². The molecule has 0 saturated carbocycles. The molecule has 0 bridgehead atoms. The van der Waals surface area contributed by atoms with Crippen LogP contribution in [0.4, 0.5) is 4.39 Å². The third-order valence-electron chi connectivity index (χ3n) is 5.03. The van der Waals surface area contributed by atoms with Gasteiger partial charge < -0.3 is 15.0 Å². The summed E-state index contributed by atoms with van der Waals surface area (Å²) < 4.78 is 19.0. The minimum absolute atomic E-state index is 0.146. The van der Waals surface area contributed by atoms with E-state index in [2.05, 4.69) is 10.3 Å². The van der Waals surface area contributed by atoms with Crippen LogP contribution < -0.4 is 10.1 Å². The van der Waals surface area contributed by atoms with Crippen LogP contribution in [0, 0.1) is 5.82 Å². The van der Waals surface area contributed by atoms with Gasteiger partial charge in [0.1, 0.15) is 22.4 Å². The van der Waals surface area contributed by atoms with Crippen molar-refractivity contribution in [1.82, 2.24) is 15.2 Å². The lowest BCUT2D eigenvalue weighted by Crippen LogP contribution is -2.40. The van der Waals surface area contributed by atoms with Crippen LogP contribution >= 0.6 is 24.0 Å². The Kier molecular flexibility index (Phi) is 6.57. The average molecular weight is 470 g/mol. The molecule has 0 aliphatic carbocycles. The molecule has 1 aliphatic heterocycles. The van der Waals surface area contributed by atoms with E-state index in [0.717, 1.165) is 27.8 Å². The standard InChI is InChI=1S/C23H20FN3O3S2/c1-30-17-5-2-14(3-6-17)10-20-22(29)27(23(31)32-20)13-21(28)25-9-8-15-12-26-19-7-4-16(24)11-18(15)19/h2-7,10-12,26H,8-9,13H2,1H3,(H,25,28)/b20-10+. The Morgan fingerprint density at radius 2 is 2.06 bits per heavy atom. The first-order valence-electron chi connectivity index (χ1n) is 9.86. The number of thiocarbonyl (C=S) groups is 1. The number of carbonyl (C=O) groups is 2. The van der Waals surface area contributed by atoms with Gasteiger partial charge >= 0.3 is 0 Å². The number of hydrogen-bond acceptors (Lipinski definition) is 5. The van der Waals surface area contributed by atoms with E-state index < -0.39 is 0 Å². The van der Waals surface area contributed by atoms with Gasteiger partial charge in [0.2, 0.25) is 5.91 Å². The highest BCUT2D eigenvalue weighted by atomic mass is 32.2. The maximum atomic E-state index is 13.5. The second-order valence-electron chi connectivity index (χ2n) is 7.14. The zero-order valence-electron chi connectivity index (χ0n) is 17.2. The van der Waals surface area contributed by atoms with Crippen molar-refractivity contribution in [2.45, 2.75) is 6.42 Å². The molecule has 32 heavy (non-hydrogen) atoms. The third kappa shape index (κ3) is 4.84. The fourth-order valence-electron chi connectivity index (χ4n) is 3.38. The van der Waals surface area contributed by atoms with Crippen LogP contribution in [-0.4, -0.2) is 46.2 Å². The Hall–Kier alpha value is -3.17. The highest BCUT2D eigenvalue weighted by Crippen LogP contribution is 2.32. The van der Waals surface area contributed by atoms with Crippen molar-refractivity contribution in [3.63, 3.8) is 0 Å². The van der Waals surface area contributed by atoms with E-state index in [1.54, 1.807) is 19.3 Å². The summed E-state index contributed by atoms with van der Waals surface area (Å²) in [5.74, 6) is -0.181. The molecule has 1 aromatic heterocycles. The number of carbonyl (C=O) groups excluding carboxylic acids is 2. The molecule has 2 N–H and O–H groups in total. The van der Waals surface area contributed by atoms with E-state index in [4.69, 9.17) is 17.0 Å². The number of fused-ring (bicyclic) bond motifs is 1. The summed E-state index contributed by atoms with van der Waals surface area (Å²) in [6.45, 7) is 0.214. The van der Waals surface area contributed by atoms with Crippen LogP contribution in [0.5, 0.6) is 5.75 Å². The van der Waals surface area contributed by atoms with E-state index in [9.17, 15) is 14.0 Å². The lowest BCUT2D eigenvalue weighted by atomic mass is 10.1. The molecule has 4 rings (SSSR count). The SMILES string of the molecule is COc1ccc(/C=C2/SC(=S)N(CC(=O)NCCc3c[nH]c4ccc(F)cc34)C2=O)cc1. The molecule has 1 fully saturated rings. The molecule has 9 heteroatoms. The zero-order chi connectivity index (χ0) is 22.7. The molecule has 0 spiro atoms. The quantitative estimate of drug-likeness (QED) is 0.406. The van der Waals surface area contributed by atoms with Crippen molar-refractivity contribution in [3.8, 4) is 5.75 Å². The van der Waals surface area contributed by atoms with Crippen LogP contribution in [0.25, 0.3) is 17.0 Å². The van der Waals surface area contributed by atoms with Crippen LogP contribution in [0.15, 0.2) is 53.6 Å². The fourth-order valence-corrected chi connectivity index (χ4v) is 4.64. The summed E-state index contributed by atoms with van der Waals surface area (Å²) in [6, 6.07) is 11.9. The number of aromatic nitrogens is 1. The molecule has 6 nitrogen and oxygen atoms in total. The minimum Gasteiger partial charge on any atom is -0.497 e. The maximum absolute atomic E-state index is 13.5. The number of amides is 2. The molecule has 1 aliphatic rings. The zero-order valence-corrected chi connectivity index (χ0v) is 18.8. The van der Waals surface area contributed by atoms with Gasteiger partial charge in [-0.2, -0.15) is 0 Å². The molecule has 3 aromatic rings. The number of nitrogens with zero attached hydrogens (tertiary/aromatic N) is 1. The smallest absolute Gasteiger partial charge is 0.266 e. The lowest BCUT2D eigenvalue weighted by Gasteiger charge is -2.14. The first-order valence-corrected chi connectivity index (χ1v) is 11.1. The second-order valence-corrected chi connectivity index (χ2v) is 8.82. The van der Waals surface area contributed by atoms with E-state index >= 15 is 0 Å². The van der Waals surface area contributed by atoms with Crippen molar-refractivity contribution in [2.24, 2.45) is 0 Å². The van der Waals surface area contributed by atoms with E-state index in [1.807, 2.05) is 30.5 Å². The van der Waals surface area contributed by atoms with Crippen LogP contribution in [0.3, 0.4) is 0 Å². The Labute approximate surface area is 193 Å². The summed E-state index contributed by atoms with van der Waals surface area (Å²) >= 11 is 6.47. The monoisotopic (exact) mass is 469 g/mol. The molecule has 0 unspecified atom stereocenters. The van der Waals surface area contributed by atoms with Gasteiger partial charge in [-0.15, -0.1) is 0 Å². The van der Waals surface area contributed by atoms with Crippen molar-refractivity contribution < 1.29 is 18.7 Å². The van der Waals surface area contributed by atoms with Crippen LogP contribution in [0.2, 0.25) is 0 Å². The van der Waals surface area contributed by atoms with Gasteiger partial charge in [-0.1, -0.05) is 36.1 Å². The minimum atomic E-state index is -0.307. The number of methoxy groups -OCH3 is 1. The number of aromatic amines is 1. The summed E-state index contributed by atoms with van der Waals surface area (Å²) in [5.41, 5.74) is 2.59. The van der Waals surface area contributed by atoms with Gasteiger partial charge in [-0.3, -0.25) is 14.5 Å². The number of ether oxygens (including phenoxy) is 1. The topological polar surface area (TPSA) is 74.4 Å². The Bertz CT molecular complexity index is 1220. The van der Waals surface area contributed by atoms with Crippen molar-refractivity contribution >= 4 is 57.1 Å². The van der Waals surface area contributed by atoms with Crippen LogP contribution in [0.1, 0.15) is 11.1 Å². The van der Waals surface area contributed by atoms with Gasteiger partial charge in [0, 0.05) is 23.6 Å². The number of hydrogen-bond donors (Lipinski definition) is 2. The third-order valence-corrected chi connectivity index (χ3v) is 6.41. The van der Waals surface area contributed by atoms with Gasteiger partial charge in [0.25, 0.3) is 5.91 Å². The van der Waals surface area contributed by atoms with Crippen molar-refractivity contribution in [2.75, 3.05) is 20.2 Å².